The molecule has 4 heteroatoms. The second-order valence-electron chi connectivity index (χ2n) is 4.36. The lowest BCUT2D eigenvalue weighted by Gasteiger charge is -2.41. The van der Waals surface area contributed by atoms with Crippen molar-refractivity contribution in [2.24, 2.45) is 0 Å². The molecule has 0 aliphatic carbocycles. The topological polar surface area (TPSA) is 23.5 Å². The summed E-state index contributed by atoms with van der Waals surface area (Å²) >= 11 is 0. The van der Waals surface area contributed by atoms with Gasteiger partial charge in [0.1, 0.15) is 5.60 Å². The highest BCUT2D eigenvalue weighted by Gasteiger charge is 2.50. The zero-order valence-corrected chi connectivity index (χ0v) is 7.71. The second-order valence-corrected chi connectivity index (χ2v) is 4.36. The van der Waals surface area contributed by atoms with E-state index in [-0.39, 0.29) is 24.9 Å². The quantitative estimate of drug-likeness (QED) is 0.674. The fraction of sp³-hybridized carbons (Fsp3) is 1.00. The Hall–Kier alpha value is -0.220. The molecular weight excluding hydrogens is 176 g/mol. The number of piperidine rings is 1. The molecule has 0 saturated carbocycles. The molecule has 13 heavy (non-hydrogen) atoms. The molecule has 1 N–H and O–H groups in total. The summed E-state index contributed by atoms with van der Waals surface area (Å²) in [6, 6.07) is 0.329. The van der Waals surface area contributed by atoms with Crippen LogP contribution in [0.5, 0.6) is 0 Å². The van der Waals surface area contributed by atoms with Crippen LogP contribution in [0.25, 0.3) is 0 Å². The van der Waals surface area contributed by atoms with E-state index in [1.165, 1.54) is 0 Å². The number of nitrogens with zero attached hydrogens (tertiary/aromatic N) is 1. The van der Waals surface area contributed by atoms with Crippen molar-refractivity contribution in [3.05, 3.63) is 0 Å². The van der Waals surface area contributed by atoms with Gasteiger partial charge >= 0.3 is 0 Å². The second kappa shape index (κ2) is 2.89. The zero-order chi connectivity index (χ0) is 9.64. The van der Waals surface area contributed by atoms with Gasteiger partial charge in [0.2, 0.25) is 0 Å². The van der Waals surface area contributed by atoms with Crippen LogP contribution in [-0.2, 0) is 0 Å². The van der Waals surface area contributed by atoms with Crippen LogP contribution in [-0.4, -0.2) is 41.2 Å². The molecule has 2 bridgehead atoms. The maximum atomic E-state index is 12.5. The van der Waals surface area contributed by atoms with Gasteiger partial charge in [-0.25, -0.2) is 8.78 Å². The van der Waals surface area contributed by atoms with Crippen LogP contribution in [0, 0.1) is 0 Å². The van der Waals surface area contributed by atoms with E-state index in [9.17, 15) is 13.9 Å². The SMILES string of the molecule is CN1C2CCC1CC(O)(C(F)F)C2. The van der Waals surface area contributed by atoms with Gasteiger partial charge in [-0.05, 0) is 32.7 Å². The molecule has 76 valence electrons. The van der Waals surface area contributed by atoms with Gasteiger partial charge in [0.05, 0.1) is 0 Å². The normalized spacial score (nSPS) is 45.9. The van der Waals surface area contributed by atoms with Gasteiger partial charge in [0, 0.05) is 12.1 Å². The molecule has 2 rings (SSSR count). The first-order valence-corrected chi connectivity index (χ1v) is 4.75. The molecule has 2 unspecified atom stereocenters. The maximum Gasteiger partial charge on any atom is 0.266 e. The predicted molar refractivity (Wildman–Crippen MR) is 44.8 cm³/mol. The zero-order valence-electron chi connectivity index (χ0n) is 7.71. The van der Waals surface area contributed by atoms with Gasteiger partial charge in [-0.2, -0.15) is 0 Å². The van der Waals surface area contributed by atoms with E-state index in [0.717, 1.165) is 12.8 Å². The minimum Gasteiger partial charge on any atom is -0.384 e. The lowest BCUT2D eigenvalue weighted by molar-refractivity contribution is -0.139. The Balaban J connectivity index is 2.14. The molecule has 2 heterocycles. The summed E-state index contributed by atoms with van der Waals surface area (Å²) in [6.07, 6.45) is -0.217. The van der Waals surface area contributed by atoms with Crippen molar-refractivity contribution < 1.29 is 13.9 Å². The van der Waals surface area contributed by atoms with Crippen molar-refractivity contribution in [2.75, 3.05) is 7.05 Å². The van der Waals surface area contributed by atoms with Crippen molar-refractivity contribution in [3.63, 3.8) is 0 Å². The fourth-order valence-electron chi connectivity index (χ4n) is 2.66. The van der Waals surface area contributed by atoms with E-state index in [1.807, 2.05) is 7.05 Å². The fourth-order valence-corrected chi connectivity index (χ4v) is 2.66. The summed E-state index contributed by atoms with van der Waals surface area (Å²) in [5.41, 5.74) is -1.71. The summed E-state index contributed by atoms with van der Waals surface area (Å²) in [7, 11) is 1.97. The Labute approximate surface area is 76.5 Å². The standard InChI is InChI=1S/C9H15F2NO/c1-12-6-2-3-7(12)5-9(13,4-6)8(10)11/h6-8,13H,2-5H2,1H3. The first kappa shape index (κ1) is 9.34. The van der Waals surface area contributed by atoms with Crippen molar-refractivity contribution in [1.29, 1.82) is 0 Å². The molecule has 0 aromatic heterocycles. The molecule has 2 saturated heterocycles. The van der Waals surface area contributed by atoms with Crippen molar-refractivity contribution >= 4 is 0 Å². The Morgan fingerprint density at radius 3 is 2.15 bits per heavy atom. The molecule has 0 radical (unpaired) electrons. The summed E-state index contributed by atoms with van der Waals surface area (Å²) < 4.78 is 25.1. The van der Waals surface area contributed by atoms with E-state index in [1.54, 1.807) is 0 Å². The number of aliphatic hydroxyl groups is 1. The van der Waals surface area contributed by atoms with E-state index >= 15 is 0 Å². The van der Waals surface area contributed by atoms with E-state index in [2.05, 4.69) is 4.90 Å². The number of alkyl halides is 2. The first-order chi connectivity index (χ1) is 6.03. The number of rotatable bonds is 1. The van der Waals surface area contributed by atoms with Crippen LogP contribution in [0.4, 0.5) is 8.78 Å². The Bertz CT molecular complexity index is 196. The molecular formula is C9H15F2NO. The Kier molecular flexibility index (Phi) is 2.07. The highest BCUT2D eigenvalue weighted by Crippen LogP contribution is 2.42. The van der Waals surface area contributed by atoms with Crippen LogP contribution in [0.15, 0.2) is 0 Å². The van der Waals surface area contributed by atoms with Gasteiger partial charge in [0.25, 0.3) is 6.43 Å². The highest BCUT2D eigenvalue weighted by molar-refractivity contribution is 5.01. The van der Waals surface area contributed by atoms with E-state index in [4.69, 9.17) is 0 Å². The van der Waals surface area contributed by atoms with Crippen molar-refractivity contribution in [1.82, 2.24) is 4.90 Å². The minimum absolute atomic E-state index is 0.165. The van der Waals surface area contributed by atoms with Crippen LogP contribution >= 0.6 is 0 Å². The number of halogens is 2. The van der Waals surface area contributed by atoms with Crippen LogP contribution in [0.1, 0.15) is 25.7 Å². The Morgan fingerprint density at radius 2 is 1.77 bits per heavy atom. The van der Waals surface area contributed by atoms with E-state index < -0.39 is 12.0 Å². The summed E-state index contributed by atoms with van der Waals surface area (Å²) in [4.78, 5) is 2.14. The monoisotopic (exact) mass is 191 g/mol. The minimum atomic E-state index is -2.59. The Morgan fingerprint density at radius 1 is 1.31 bits per heavy atom. The van der Waals surface area contributed by atoms with Crippen molar-refractivity contribution in [2.45, 2.75) is 49.8 Å². The highest BCUT2D eigenvalue weighted by atomic mass is 19.3. The summed E-state index contributed by atoms with van der Waals surface area (Å²) in [5, 5.41) is 9.67. The van der Waals surface area contributed by atoms with Crippen LogP contribution in [0.2, 0.25) is 0 Å². The first-order valence-electron chi connectivity index (χ1n) is 4.75. The molecule has 2 fully saturated rings. The summed E-state index contributed by atoms with van der Waals surface area (Å²) in [5.74, 6) is 0. The molecule has 2 nitrogen and oxygen atoms in total. The van der Waals surface area contributed by atoms with Crippen LogP contribution in [0.3, 0.4) is 0 Å². The average molecular weight is 191 g/mol. The third kappa shape index (κ3) is 1.36. The van der Waals surface area contributed by atoms with Gasteiger partial charge in [-0.15, -0.1) is 0 Å². The largest absolute Gasteiger partial charge is 0.384 e. The molecule has 2 atom stereocenters. The third-order valence-corrected chi connectivity index (χ3v) is 3.57. The molecule has 0 aromatic rings. The van der Waals surface area contributed by atoms with Gasteiger partial charge in [-0.1, -0.05) is 0 Å². The lowest BCUT2D eigenvalue weighted by Crippen LogP contribution is -2.52. The smallest absolute Gasteiger partial charge is 0.266 e. The number of hydrogen-bond donors (Lipinski definition) is 1. The number of hydrogen-bond acceptors (Lipinski definition) is 2. The van der Waals surface area contributed by atoms with Crippen LogP contribution < -0.4 is 0 Å². The molecule has 0 amide bonds. The molecule has 0 spiro atoms. The van der Waals surface area contributed by atoms with Gasteiger partial charge in [-0.3, -0.25) is 0 Å². The number of fused-ring (bicyclic) bond motifs is 2. The average Bonchev–Trinajstić information content (AvgIpc) is 2.33. The summed E-state index contributed by atoms with van der Waals surface area (Å²) in [6.45, 7) is 0. The third-order valence-electron chi connectivity index (χ3n) is 3.57. The van der Waals surface area contributed by atoms with E-state index in [0.29, 0.717) is 0 Å². The maximum absolute atomic E-state index is 12.5. The lowest BCUT2D eigenvalue weighted by atomic mass is 9.87. The van der Waals surface area contributed by atoms with Gasteiger partial charge < -0.3 is 10.0 Å². The predicted octanol–water partition coefficient (Wildman–Crippen LogP) is 1.24. The van der Waals surface area contributed by atoms with Crippen molar-refractivity contribution in [3.8, 4) is 0 Å². The van der Waals surface area contributed by atoms with Gasteiger partial charge in [0.15, 0.2) is 0 Å². The molecule has 2 aliphatic heterocycles. The molecule has 2 aliphatic rings. The molecule has 0 aromatic carbocycles.